The molecular formula is C33H37N3O. The number of nitrogens with one attached hydrogen (secondary N) is 1. The average Bonchev–Trinajstić information content (AvgIpc) is 3.26. The van der Waals surface area contributed by atoms with Gasteiger partial charge in [-0.2, -0.15) is 0 Å². The lowest BCUT2D eigenvalue weighted by Gasteiger charge is -2.33. The Labute approximate surface area is 220 Å². The van der Waals surface area contributed by atoms with E-state index in [1.165, 1.54) is 38.9 Å². The first kappa shape index (κ1) is 24.0. The Balaban J connectivity index is 1.11. The third-order valence-electron chi connectivity index (χ3n) is 8.35. The summed E-state index contributed by atoms with van der Waals surface area (Å²) in [5.41, 5.74) is 8.00. The maximum atomic E-state index is 13.2. The normalized spacial score (nSPS) is 18.6. The largest absolute Gasteiger partial charge is 0.349 e. The van der Waals surface area contributed by atoms with Crippen molar-refractivity contribution in [2.45, 2.75) is 58.2 Å². The van der Waals surface area contributed by atoms with Crippen LogP contribution < -0.4 is 5.32 Å². The SMILES string of the molecule is Cc1cccc(Cn2c(CN3CCC(C(=O)N[C@@H]4CCCc5ccccc54)CC3)cc3ccccc32)c1. The molecule has 1 amide bonds. The summed E-state index contributed by atoms with van der Waals surface area (Å²) in [5.74, 6) is 0.360. The molecule has 1 aliphatic carbocycles. The van der Waals surface area contributed by atoms with Crippen molar-refractivity contribution in [3.05, 3.63) is 107 Å². The van der Waals surface area contributed by atoms with Gasteiger partial charge in [0.1, 0.15) is 0 Å². The van der Waals surface area contributed by atoms with Crippen molar-refractivity contribution in [1.82, 2.24) is 14.8 Å². The smallest absolute Gasteiger partial charge is 0.223 e. The Hall–Kier alpha value is -3.37. The molecule has 4 nitrogen and oxygen atoms in total. The fourth-order valence-corrected chi connectivity index (χ4v) is 6.35. The van der Waals surface area contributed by atoms with Crippen LogP contribution >= 0.6 is 0 Å². The summed E-state index contributed by atoms with van der Waals surface area (Å²) < 4.78 is 2.48. The summed E-state index contributed by atoms with van der Waals surface area (Å²) in [7, 11) is 0. The first-order chi connectivity index (χ1) is 18.1. The number of likely N-dealkylation sites (tertiary alicyclic amines) is 1. The number of aryl methyl sites for hydroxylation is 2. The fourth-order valence-electron chi connectivity index (χ4n) is 6.35. The van der Waals surface area contributed by atoms with Crippen LogP contribution in [0.2, 0.25) is 0 Å². The van der Waals surface area contributed by atoms with E-state index in [1.807, 2.05) is 0 Å². The molecule has 0 bridgehead atoms. The van der Waals surface area contributed by atoms with E-state index in [4.69, 9.17) is 0 Å². The van der Waals surface area contributed by atoms with Crippen LogP contribution in [0.25, 0.3) is 10.9 Å². The van der Waals surface area contributed by atoms with Gasteiger partial charge in [-0.25, -0.2) is 0 Å². The second kappa shape index (κ2) is 10.5. The van der Waals surface area contributed by atoms with Gasteiger partial charge in [-0.05, 0) is 86.3 Å². The molecule has 1 atom stereocenters. The summed E-state index contributed by atoms with van der Waals surface area (Å²) >= 11 is 0. The molecule has 1 fully saturated rings. The van der Waals surface area contributed by atoms with Gasteiger partial charge in [0.25, 0.3) is 0 Å². The van der Waals surface area contributed by atoms with E-state index in [1.54, 1.807) is 0 Å². The molecule has 0 radical (unpaired) electrons. The number of nitrogens with zero attached hydrogens (tertiary/aromatic N) is 2. The van der Waals surface area contributed by atoms with Crippen LogP contribution in [0.15, 0.2) is 78.9 Å². The minimum atomic E-state index is 0.114. The number of piperidine rings is 1. The Morgan fingerprint density at radius 3 is 2.57 bits per heavy atom. The van der Waals surface area contributed by atoms with Crippen LogP contribution in [0, 0.1) is 12.8 Å². The van der Waals surface area contributed by atoms with Crippen LogP contribution in [0.5, 0.6) is 0 Å². The molecule has 1 aliphatic heterocycles. The van der Waals surface area contributed by atoms with Crippen molar-refractivity contribution < 1.29 is 4.79 Å². The molecule has 6 rings (SSSR count). The predicted octanol–water partition coefficient (Wildman–Crippen LogP) is 6.40. The highest BCUT2D eigenvalue weighted by atomic mass is 16.1. The maximum absolute atomic E-state index is 13.2. The summed E-state index contributed by atoms with van der Waals surface area (Å²) in [6, 6.07) is 28.7. The topological polar surface area (TPSA) is 37.3 Å². The lowest BCUT2D eigenvalue weighted by atomic mass is 9.87. The summed E-state index contributed by atoms with van der Waals surface area (Å²) in [5, 5.41) is 4.70. The van der Waals surface area contributed by atoms with Crippen LogP contribution in [-0.2, 0) is 24.3 Å². The molecule has 0 unspecified atom stereocenters. The number of fused-ring (bicyclic) bond motifs is 2. The maximum Gasteiger partial charge on any atom is 0.223 e. The Kier molecular flexibility index (Phi) is 6.84. The minimum Gasteiger partial charge on any atom is -0.349 e. The molecule has 3 aromatic carbocycles. The molecular weight excluding hydrogens is 454 g/mol. The van der Waals surface area contributed by atoms with Gasteiger partial charge in [0, 0.05) is 30.2 Å². The Morgan fingerprint density at radius 1 is 0.892 bits per heavy atom. The zero-order valence-electron chi connectivity index (χ0n) is 21.8. The van der Waals surface area contributed by atoms with Gasteiger partial charge in [-0.15, -0.1) is 0 Å². The summed E-state index contributed by atoms with van der Waals surface area (Å²) in [6.45, 7) is 5.89. The molecule has 4 heteroatoms. The molecule has 1 aromatic heterocycles. The number of hydrogen-bond donors (Lipinski definition) is 1. The van der Waals surface area contributed by atoms with E-state index in [2.05, 4.69) is 101 Å². The van der Waals surface area contributed by atoms with Gasteiger partial charge in [0.15, 0.2) is 0 Å². The molecule has 190 valence electrons. The number of rotatable bonds is 6. The van der Waals surface area contributed by atoms with Crippen LogP contribution in [0.4, 0.5) is 0 Å². The second-order valence-corrected chi connectivity index (χ2v) is 11.0. The van der Waals surface area contributed by atoms with Gasteiger partial charge in [-0.3, -0.25) is 9.69 Å². The van der Waals surface area contributed by atoms with Crippen molar-refractivity contribution >= 4 is 16.8 Å². The number of amides is 1. The number of hydrogen-bond acceptors (Lipinski definition) is 2. The van der Waals surface area contributed by atoms with Crippen molar-refractivity contribution in [1.29, 1.82) is 0 Å². The van der Waals surface area contributed by atoms with Crippen LogP contribution in [0.1, 0.15) is 59.7 Å². The Morgan fingerprint density at radius 2 is 1.70 bits per heavy atom. The highest BCUT2D eigenvalue weighted by molar-refractivity contribution is 5.81. The number of carbonyl (C=O) groups excluding carboxylic acids is 1. The second-order valence-electron chi connectivity index (χ2n) is 11.0. The first-order valence-corrected chi connectivity index (χ1v) is 13.9. The lowest BCUT2D eigenvalue weighted by Crippen LogP contribution is -2.42. The molecule has 0 saturated carbocycles. The molecule has 2 aliphatic rings. The highest BCUT2D eigenvalue weighted by Gasteiger charge is 2.29. The summed E-state index contributed by atoms with van der Waals surface area (Å²) in [6.07, 6.45) is 5.18. The zero-order valence-corrected chi connectivity index (χ0v) is 21.8. The number of benzene rings is 3. The fraction of sp³-hybridized carbons (Fsp3) is 0.364. The lowest BCUT2D eigenvalue weighted by molar-refractivity contribution is -0.127. The van der Waals surface area contributed by atoms with E-state index in [9.17, 15) is 4.79 Å². The number of aromatic nitrogens is 1. The van der Waals surface area contributed by atoms with Gasteiger partial charge in [0.2, 0.25) is 5.91 Å². The molecule has 4 aromatic rings. The van der Waals surface area contributed by atoms with E-state index in [0.717, 1.165) is 58.3 Å². The zero-order chi connectivity index (χ0) is 25.2. The Bertz CT molecular complexity index is 1400. The molecule has 1 N–H and O–H groups in total. The number of para-hydroxylation sites is 1. The van der Waals surface area contributed by atoms with E-state index in [-0.39, 0.29) is 17.9 Å². The van der Waals surface area contributed by atoms with Crippen LogP contribution in [0.3, 0.4) is 0 Å². The minimum absolute atomic E-state index is 0.114. The van der Waals surface area contributed by atoms with E-state index >= 15 is 0 Å². The summed E-state index contributed by atoms with van der Waals surface area (Å²) in [4.78, 5) is 15.7. The third-order valence-corrected chi connectivity index (χ3v) is 8.35. The predicted molar refractivity (Wildman–Crippen MR) is 150 cm³/mol. The van der Waals surface area contributed by atoms with E-state index in [0.29, 0.717) is 0 Å². The van der Waals surface area contributed by atoms with Crippen LogP contribution in [-0.4, -0.2) is 28.5 Å². The highest BCUT2D eigenvalue weighted by Crippen LogP contribution is 2.31. The first-order valence-electron chi connectivity index (χ1n) is 13.9. The van der Waals surface area contributed by atoms with Crippen molar-refractivity contribution in [3.8, 4) is 0 Å². The molecule has 0 spiro atoms. The van der Waals surface area contributed by atoms with Crippen molar-refractivity contribution in [2.75, 3.05) is 13.1 Å². The molecule has 1 saturated heterocycles. The van der Waals surface area contributed by atoms with E-state index < -0.39 is 0 Å². The number of carbonyl (C=O) groups is 1. The van der Waals surface area contributed by atoms with Crippen molar-refractivity contribution in [3.63, 3.8) is 0 Å². The van der Waals surface area contributed by atoms with Gasteiger partial charge in [-0.1, -0.05) is 72.3 Å². The third kappa shape index (κ3) is 5.21. The van der Waals surface area contributed by atoms with Gasteiger partial charge in [0.05, 0.1) is 6.04 Å². The van der Waals surface area contributed by atoms with Gasteiger partial charge >= 0.3 is 0 Å². The standard InChI is InChI=1S/C33H37N3O/c1-24-8-6-9-25(20-24)22-36-29(21-28-11-3-5-15-32(28)36)23-35-18-16-27(17-19-35)33(37)34-31-14-7-12-26-10-2-4-13-30(26)31/h2-6,8-11,13,15,20-21,27,31H,7,12,14,16-19,22-23H2,1H3,(H,34,37)/t31-/m1/s1. The monoisotopic (exact) mass is 491 g/mol. The quantitative estimate of drug-likeness (QED) is 0.339. The molecule has 37 heavy (non-hydrogen) atoms. The van der Waals surface area contributed by atoms with Crippen molar-refractivity contribution in [2.24, 2.45) is 5.92 Å². The molecule has 2 heterocycles. The van der Waals surface area contributed by atoms with Gasteiger partial charge < -0.3 is 9.88 Å². The average molecular weight is 492 g/mol.